The molecule has 1 aliphatic heterocycles. The molecule has 1 aromatic carbocycles. The lowest BCUT2D eigenvalue weighted by atomic mass is 10.1. The zero-order valence-corrected chi connectivity index (χ0v) is 9.58. The number of halogens is 3. The molecule has 84 valence electrons. The van der Waals surface area contributed by atoms with Crippen LogP contribution in [-0.2, 0) is 0 Å². The Balaban J connectivity index is 0.00000112. The summed E-state index contributed by atoms with van der Waals surface area (Å²) in [5.41, 5.74) is 0. The number of hydrogen-bond donors (Lipinski definition) is 1. The van der Waals surface area contributed by atoms with Gasteiger partial charge in [-0.05, 0) is 12.1 Å². The average Bonchev–Trinajstić information content (AvgIpc) is 1.99. The first-order chi connectivity index (χ1) is 6.74. The second-order valence-corrected chi connectivity index (χ2v) is 3.88. The number of ether oxygens (including phenoxy) is 1. The molecule has 0 atom stereocenters. The van der Waals surface area contributed by atoms with Crippen molar-refractivity contribution in [1.29, 1.82) is 0 Å². The minimum Gasteiger partial charge on any atom is -0.493 e. The maximum absolute atomic E-state index is 12.9. The average molecular weight is 252 g/mol. The van der Waals surface area contributed by atoms with Crippen LogP contribution < -0.4 is 10.1 Å². The molecule has 0 aromatic heterocycles. The molecule has 5 heteroatoms. The van der Waals surface area contributed by atoms with Crippen molar-refractivity contribution in [3.8, 4) is 5.75 Å². The van der Waals surface area contributed by atoms with Crippen molar-refractivity contribution in [3.05, 3.63) is 29.0 Å². The van der Waals surface area contributed by atoms with Crippen molar-refractivity contribution in [2.75, 3.05) is 19.7 Å². The fraction of sp³-hybridized carbons (Fsp3) is 0.400. The normalized spacial score (nSPS) is 15.3. The van der Waals surface area contributed by atoms with Gasteiger partial charge < -0.3 is 10.1 Å². The number of nitrogens with one attached hydrogen (secondary N) is 1. The van der Waals surface area contributed by atoms with Crippen LogP contribution in [0.2, 0.25) is 5.02 Å². The molecule has 2 nitrogen and oxygen atoms in total. The molecular weight excluding hydrogens is 240 g/mol. The third kappa shape index (κ3) is 3.52. The van der Waals surface area contributed by atoms with Gasteiger partial charge >= 0.3 is 0 Å². The molecule has 1 saturated heterocycles. The van der Waals surface area contributed by atoms with Crippen LogP contribution in [0.4, 0.5) is 4.39 Å². The minimum absolute atomic E-state index is 0. The standard InChI is InChI=1S/C10H11ClFNO.ClH/c11-8-1-9(12)3-10(2-8)14-6-7-4-13-5-7;/h1-3,7,13H,4-6H2;1H. The minimum atomic E-state index is -0.362. The fourth-order valence-corrected chi connectivity index (χ4v) is 1.50. The van der Waals surface area contributed by atoms with E-state index in [0.717, 1.165) is 13.1 Å². The van der Waals surface area contributed by atoms with Gasteiger partial charge in [-0.1, -0.05) is 11.6 Å². The van der Waals surface area contributed by atoms with E-state index < -0.39 is 0 Å². The maximum Gasteiger partial charge on any atom is 0.128 e. The van der Waals surface area contributed by atoms with E-state index in [9.17, 15) is 4.39 Å². The van der Waals surface area contributed by atoms with E-state index in [1.807, 2.05) is 0 Å². The summed E-state index contributed by atoms with van der Waals surface area (Å²) < 4.78 is 18.3. The van der Waals surface area contributed by atoms with Crippen LogP contribution in [0.1, 0.15) is 0 Å². The second-order valence-electron chi connectivity index (χ2n) is 3.44. The number of rotatable bonds is 3. The summed E-state index contributed by atoms with van der Waals surface area (Å²) in [5.74, 6) is 0.679. The van der Waals surface area contributed by atoms with E-state index in [-0.39, 0.29) is 18.2 Å². The Hall–Kier alpha value is -0.510. The van der Waals surface area contributed by atoms with Gasteiger partial charge in [0.2, 0.25) is 0 Å². The highest BCUT2D eigenvalue weighted by Crippen LogP contribution is 2.20. The molecule has 15 heavy (non-hydrogen) atoms. The topological polar surface area (TPSA) is 21.3 Å². The summed E-state index contributed by atoms with van der Waals surface area (Å²) in [7, 11) is 0. The van der Waals surface area contributed by atoms with Gasteiger partial charge in [-0.25, -0.2) is 4.39 Å². The molecule has 1 aliphatic rings. The van der Waals surface area contributed by atoms with Crippen LogP contribution in [0.15, 0.2) is 18.2 Å². The molecular formula is C10H12Cl2FNO. The quantitative estimate of drug-likeness (QED) is 0.892. The van der Waals surface area contributed by atoms with Gasteiger partial charge in [0, 0.05) is 30.1 Å². The zero-order valence-electron chi connectivity index (χ0n) is 8.00. The maximum atomic E-state index is 12.9. The van der Waals surface area contributed by atoms with Crippen LogP contribution in [0.25, 0.3) is 0 Å². The first-order valence-corrected chi connectivity index (χ1v) is 4.91. The van der Waals surface area contributed by atoms with Gasteiger partial charge in [-0.15, -0.1) is 12.4 Å². The summed E-state index contributed by atoms with van der Waals surface area (Å²) in [4.78, 5) is 0. The first kappa shape index (κ1) is 12.6. The third-order valence-corrected chi connectivity index (χ3v) is 2.41. The molecule has 0 aliphatic carbocycles. The second kappa shape index (κ2) is 5.54. The highest BCUT2D eigenvalue weighted by atomic mass is 35.5. The van der Waals surface area contributed by atoms with Crippen LogP contribution in [-0.4, -0.2) is 19.7 Å². The van der Waals surface area contributed by atoms with E-state index in [0.29, 0.717) is 23.3 Å². The molecule has 1 fully saturated rings. The van der Waals surface area contributed by atoms with Crippen molar-refractivity contribution in [1.82, 2.24) is 5.32 Å². The molecule has 0 amide bonds. The molecule has 1 heterocycles. The Morgan fingerprint density at radius 3 is 2.67 bits per heavy atom. The van der Waals surface area contributed by atoms with E-state index in [2.05, 4.69) is 5.32 Å². The molecule has 2 rings (SSSR count). The molecule has 0 spiro atoms. The summed E-state index contributed by atoms with van der Waals surface area (Å²) in [6.07, 6.45) is 0. The van der Waals surface area contributed by atoms with Crippen molar-refractivity contribution in [2.24, 2.45) is 5.92 Å². The predicted molar refractivity (Wildman–Crippen MR) is 60.5 cm³/mol. The summed E-state index contributed by atoms with van der Waals surface area (Å²) >= 11 is 5.68. The van der Waals surface area contributed by atoms with E-state index in [4.69, 9.17) is 16.3 Å². The van der Waals surface area contributed by atoms with E-state index in [1.54, 1.807) is 6.07 Å². The predicted octanol–water partition coefficient (Wildman–Crippen LogP) is 2.50. The van der Waals surface area contributed by atoms with Crippen molar-refractivity contribution in [3.63, 3.8) is 0 Å². The lowest BCUT2D eigenvalue weighted by molar-refractivity contribution is 0.198. The molecule has 1 aromatic rings. The highest BCUT2D eigenvalue weighted by molar-refractivity contribution is 6.30. The van der Waals surface area contributed by atoms with Crippen LogP contribution in [0, 0.1) is 11.7 Å². The Morgan fingerprint density at radius 2 is 2.13 bits per heavy atom. The third-order valence-electron chi connectivity index (χ3n) is 2.19. The zero-order chi connectivity index (χ0) is 9.97. The lowest BCUT2D eigenvalue weighted by Crippen LogP contribution is -2.45. The smallest absolute Gasteiger partial charge is 0.128 e. The Kier molecular flexibility index (Phi) is 4.64. The fourth-order valence-electron chi connectivity index (χ4n) is 1.29. The molecule has 0 unspecified atom stereocenters. The molecule has 0 radical (unpaired) electrons. The Morgan fingerprint density at radius 1 is 1.40 bits per heavy atom. The van der Waals surface area contributed by atoms with Gasteiger partial charge in [0.1, 0.15) is 11.6 Å². The van der Waals surface area contributed by atoms with Gasteiger partial charge in [-0.2, -0.15) is 0 Å². The van der Waals surface area contributed by atoms with Crippen molar-refractivity contribution in [2.45, 2.75) is 0 Å². The van der Waals surface area contributed by atoms with Crippen LogP contribution in [0.3, 0.4) is 0 Å². The Bertz CT molecular complexity index is 311. The highest BCUT2D eigenvalue weighted by Gasteiger charge is 2.17. The lowest BCUT2D eigenvalue weighted by Gasteiger charge is -2.26. The van der Waals surface area contributed by atoms with Gasteiger partial charge in [-0.3, -0.25) is 0 Å². The molecule has 1 N–H and O–H groups in total. The largest absolute Gasteiger partial charge is 0.493 e. The number of benzene rings is 1. The van der Waals surface area contributed by atoms with Crippen molar-refractivity contribution < 1.29 is 9.13 Å². The summed E-state index contributed by atoms with van der Waals surface area (Å²) in [6.45, 7) is 2.57. The van der Waals surface area contributed by atoms with Crippen LogP contribution in [0.5, 0.6) is 5.75 Å². The molecule has 0 bridgehead atoms. The first-order valence-electron chi connectivity index (χ1n) is 4.53. The van der Waals surface area contributed by atoms with E-state index in [1.165, 1.54) is 12.1 Å². The van der Waals surface area contributed by atoms with Gasteiger partial charge in [0.15, 0.2) is 0 Å². The van der Waals surface area contributed by atoms with Gasteiger partial charge in [0.25, 0.3) is 0 Å². The molecule has 0 saturated carbocycles. The van der Waals surface area contributed by atoms with Crippen molar-refractivity contribution >= 4 is 24.0 Å². The van der Waals surface area contributed by atoms with E-state index >= 15 is 0 Å². The summed E-state index contributed by atoms with van der Waals surface area (Å²) in [6, 6.07) is 4.23. The van der Waals surface area contributed by atoms with Gasteiger partial charge in [0.05, 0.1) is 6.61 Å². The summed E-state index contributed by atoms with van der Waals surface area (Å²) in [5, 5.41) is 3.51. The Labute approximate surface area is 99.2 Å². The SMILES string of the molecule is Cl.Fc1cc(Cl)cc(OCC2CNC2)c1. The van der Waals surface area contributed by atoms with Crippen LogP contribution >= 0.6 is 24.0 Å². The monoisotopic (exact) mass is 251 g/mol. The number of hydrogen-bond acceptors (Lipinski definition) is 2.